The highest BCUT2D eigenvalue weighted by Crippen LogP contribution is 2.36. The Kier molecular flexibility index (Phi) is 3.08. The fraction of sp³-hybridized carbons (Fsp3) is 0.500. The lowest BCUT2D eigenvalue weighted by molar-refractivity contribution is -0.191. The number of thiazole rings is 1. The van der Waals surface area contributed by atoms with Crippen LogP contribution < -0.4 is 0 Å². The zero-order chi connectivity index (χ0) is 12.4. The molecular weight excluding hydrogens is 256 g/mol. The van der Waals surface area contributed by atoms with Crippen molar-refractivity contribution in [3.8, 4) is 0 Å². The maximum Gasteiger partial charge on any atom is 0.243 e. The second-order valence-corrected chi connectivity index (χ2v) is 4.81. The van der Waals surface area contributed by atoms with E-state index in [9.17, 15) is 0 Å². The van der Waals surface area contributed by atoms with Gasteiger partial charge in [0, 0.05) is 11.6 Å². The molecule has 3 heterocycles. The molecule has 1 fully saturated rings. The highest BCUT2D eigenvalue weighted by molar-refractivity contribution is 7.09. The quantitative estimate of drug-likeness (QED) is 0.840. The van der Waals surface area contributed by atoms with E-state index in [0.29, 0.717) is 18.2 Å². The zero-order valence-corrected chi connectivity index (χ0v) is 10.3. The van der Waals surface area contributed by atoms with Crippen molar-refractivity contribution in [2.75, 3.05) is 13.2 Å². The summed E-state index contributed by atoms with van der Waals surface area (Å²) in [6.45, 7) is 0.617. The van der Waals surface area contributed by atoms with E-state index in [0.717, 1.165) is 0 Å². The Morgan fingerprint density at radius 2 is 2.56 bits per heavy atom. The van der Waals surface area contributed by atoms with Crippen molar-refractivity contribution in [1.29, 1.82) is 0 Å². The smallest absolute Gasteiger partial charge is 0.243 e. The zero-order valence-electron chi connectivity index (χ0n) is 9.47. The van der Waals surface area contributed by atoms with Gasteiger partial charge in [0.15, 0.2) is 5.01 Å². The number of nitrogens with zero attached hydrogens (tertiary/aromatic N) is 4. The Bertz CT molecular complexity index is 489. The van der Waals surface area contributed by atoms with Gasteiger partial charge in [-0.2, -0.15) is 5.10 Å². The van der Waals surface area contributed by atoms with Crippen LogP contribution in [0.5, 0.6) is 0 Å². The highest BCUT2D eigenvalue weighted by atomic mass is 32.1. The first-order valence-electron chi connectivity index (χ1n) is 5.47. The van der Waals surface area contributed by atoms with Crippen molar-refractivity contribution in [2.24, 2.45) is 0 Å². The lowest BCUT2D eigenvalue weighted by Crippen LogP contribution is -2.34. The van der Waals surface area contributed by atoms with Crippen LogP contribution in [0, 0.1) is 0 Å². The summed E-state index contributed by atoms with van der Waals surface area (Å²) in [7, 11) is 0. The summed E-state index contributed by atoms with van der Waals surface area (Å²) >= 11 is 1.45. The molecule has 7 nitrogen and oxygen atoms in total. The van der Waals surface area contributed by atoms with Gasteiger partial charge in [-0.3, -0.25) is 0 Å². The van der Waals surface area contributed by atoms with Gasteiger partial charge in [-0.1, -0.05) is 0 Å². The summed E-state index contributed by atoms with van der Waals surface area (Å²) in [5.41, 5.74) is 0. The van der Waals surface area contributed by atoms with Gasteiger partial charge in [-0.15, -0.1) is 11.3 Å². The minimum absolute atomic E-state index is 0.0789. The second-order valence-electron chi connectivity index (χ2n) is 3.92. The molecule has 2 aromatic rings. The van der Waals surface area contributed by atoms with Crippen molar-refractivity contribution in [1.82, 2.24) is 19.7 Å². The summed E-state index contributed by atoms with van der Waals surface area (Å²) in [5, 5.41) is 15.8. The molecule has 2 aromatic heterocycles. The first kappa shape index (κ1) is 11.7. The normalized spacial score (nSPS) is 27.7. The van der Waals surface area contributed by atoms with Crippen LogP contribution >= 0.6 is 11.3 Å². The number of ether oxygens (including phenoxy) is 2. The van der Waals surface area contributed by atoms with E-state index >= 15 is 0 Å². The third-order valence-corrected chi connectivity index (χ3v) is 3.56. The number of aromatic nitrogens is 4. The second kappa shape index (κ2) is 4.73. The van der Waals surface area contributed by atoms with Gasteiger partial charge >= 0.3 is 0 Å². The molecule has 1 saturated heterocycles. The predicted molar refractivity (Wildman–Crippen MR) is 61.7 cm³/mol. The molecular formula is C10H12N4O3S. The number of rotatable bonds is 4. The molecule has 1 aliphatic rings. The number of hydrogen-bond acceptors (Lipinski definition) is 7. The molecule has 1 aliphatic heterocycles. The monoisotopic (exact) mass is 268 g/mol. The molecule has 0 radical (unpaired) electrons. The van der Waals surface area contributed by atoms with Crippen LogP contribution in [0.15, 0.2) is 24.2 Å². The average molecular weight is 268 g/mol. The third kappa shape index (κ3) is 2.03. The largest absolute Gasteiger partial charge is 0.394 e. The SMILES string of the molecule is OCC1COC(Cn2cncn2)(c2nccs2)O1. The maximum absolute atomic E-state index is 9.17. The number of hydrogen-bond donors (Lipinski definition) is 1. The van der Waals surface area contributed by atoms with Crippen LogP contribution in [0.3, 0.4) is 0 Å². The summed E-state index contributed by atoms with van der Waals surface area (Å²) < 4.78 is 13.2. The van der Waals surface area contributed by atoms with Crippen LogP contribution in [-0.4, -0.2) is 44.2 Å². The van der Waals surface area contributed by atoms with Crippen molar-refractivity contribution in [2.45, 2.75) is 18.4 Å². The molecule has 0 saturated carbocycles. The molecule has 0 spiro atoms. The first-order chi connectivity index (χ1) is 8.82. The van der Waals surface area contributed by atoms with Crippen LogP contribution in [0.1, 0.15) is 5.01 Å². The molecule has 0 aromatic carbocycles. The van der Waals surface area contributed by atoms with Gasteiger partial charge in [0.25, 0.3) is 0 Å². The van der Waals surface area contributed by atoms with Crippen molar-refractivity contribution in [3.05, 3.63) is 29.2 Å². The predicted octanol–water partition coefficient (Wildman–Crippen LogP) is -0.00470. The molecule has 0 aliphatic carbocycles. The van der Waals surface area contributed by atoms with Crippen LogP contribution in [0.25, 0.3) is 0 Å². The van der Waals surface area contributed by atoms with Gasteiger partial charge < -0.3 is 14.6 Å². The molecule has 2 atom stereocenters. The molecule has 2 unspecified atom stereocenters. The van der Waals surface area contributed by atoms with Gasteiger partial charge in [-0.05, 0) is 0 Å². The van der Waals surface area contributed by atoms with Crippen LogP contribution in [0.2, 0.25) is 0 Å². The topological polar surface area (TPSA) is 82.3 Å². The summed E-state index contributed by atoms with van der Waals surface area (Å²) in [5.74, 6) is -0.977. The van der Waals surface area contributed by atoms with E-state index in [-0.39, 0.29) is 12.7 Å². The molecule has 96 valence electrons. The van der Waals surface area contributed by atoms with Crippen molar-refractivity contribution >= 4 is 11.3 Å². The Morgan fingerprint density at radius 1 is 1.61 bits per heavy atom. The maximum atomic E-state index is 9.17. The van der Waals surface area contributed by atoms with E-state index in [1.807, 2.05) is 5.38 Å². The standard InChI is InChI=1S/C10H12N4O3S/c15-3-8-4-16-10(17-8,9-12-1-2-18-9)5-14-7-11-6-13-14/h1-2,6-8,15H,3-5H2. The highest BCUT2D eigenvalue weighted by Gasteiger charge is 2.46. The summed E-state index contributed by atoms with van der Waals surface area (Å²) in [4.78, 5) is 8.14. The molecule has 18 heavy (non-hydrogen) atoms. The Balaban J connectivity index is 1.89. The Labute approximate surface area is 107 Å². The molecule has 0 amide bonds. The Morgan fingerprint density at radius 3 is 3.17 bits per heavy atom. The number of aliphatic hydroxyl groups excluding tert-OH is 1. The van der Waals surface area contributed by atoms with Crippen molar-refractivity contribution in [3.63, 3.8) is 0 Å². The minimum Gasteiger partial charge on any atom is -0.394 e. The fourth-order valence-electron chi connectivity index (χ4n) is 1.86. The fourth-order valence-corrected chi connectivity index (χ4v) is 2.58. The molecule has 8 heteroatoms. The van der Waals surface area contributed by atoms with Gasteiger partial charge in [0.2, 0.25) is 5.79 Å². The Hall–Kier alpha value is -1.35. The number of aliphatic hydroxyl groups is 1. The molecule has 1 N–H and O–H groups in total. The lowest BCUT2D eigenvalue weighted by atomic mass is 10.3. The van der Waals surface area contributed by atoms with Gasteiger partial charge in [-0.25, -0.2) is 14.6 Å². The van der Waals surface area contributed by atoms with E-state index in [1.54, 1.807) is 17.2 Å². The molecule has 3 rings (SSSR count). The lowest BCUT2D eigenvalue weighted by Gasteiger charge is -2.25. The van der Waals surface area contributed by atoms with E-state index in [2.05, 4.69) is 15.1 Å². The van der Waals surface area contributed by atoms with Gasteiger partial charge in [0.1, 0.15) is 25.3 Å². The minimum atomic E-state index is -0.977. The van der Waals surface area contributed by atoms with Gasteiger partial charge in [0.05, 0.1) is 13.2 Å². The summed E-state index contributed by atoms with van der Waals surface area (Å²) in [6, 6.07) is 0. The average Bonchev–Trinajstić information content (AvgIpc) is 3.11. The molecule has 0 bridgehead atoms. The first-order valence-corrected chi connectivity index (χ1v) is 6.35. The van der Waals surface area contributed by atoms with Crippen molar-refractivity contribution < 1.29 is 14.6 Å². The van der Waals surface area contributed by atoms with Crippen LogP contribution in [0.4, 0.5) is 0 Å². The third-order valence-electron chi connectivity index (χ3n) is 2.66. The summed E-state index contributed by atoms with van der Waals surface area (Å²) in [6.07, 6.45) is 4.40. The van der Waals surface area contributed by atoms with E-state index < -0.39 is 5.79 Å². The van der Waals surface area contributed by atoms with E-state index in [4.69, 9.17) is 14.6 Å². The van der Waals surface area contributed by atoms with Crippen LogP contribution in [-0.2, 0) is 21.8 Å². The van der Waals surface area contributed by atoms with E-state index in [1.165, 1.54) is 17.7 Å².